The predicted octanol–water partition coefficient (Wildman–Crippen LogP) is 3.56. The molecule has 0 fully saturated rings. The Kier molecular flexibility index (Phi) is 8.31. The van der Waals surface area contributed by atoms with Crippen LogP contribution >= 0.6 is 15.9 Å². The van der Waals surface area contributed by atoms with Gasteiger partial charge in [-0.25, -0.2) is 10.2 Å². The maximum atomic E-state index is 12.2. The summed E-state index contributed by atoms with van der Waals surface area (Å²) < 4.78 is 11.3. The molecular formula is C24H20BrN3O5. The second kappa shape index (κ2) is 11.6. The van der Waals surface area contributed by atoms with E-state index in [0.717, 1.165) is 0 Å². The van der Waals surface area contributed by atoms with Crippen LogP contribution in [0.4, 0.5) is 0 Å². The molecule has 0 radical (unpaired) electrons. The van der Waals surface area contributed by atoms with E-state index >= 15 is 0 Å². The van der Waals surface area contributed by atoms with Crippen LogP contribution in [0.3, 0.4) is 0 Å². The second-order valence-electron chi connectivity index (χ2n) is 6.62. The molecule has 0 aliphatic heterocycles. The minimum Gasteiger partial charge on any atom is -0.493 e. The molecule has 2 N–H and O–H groups in total. The lowest BCUT2D eigenvalue weighted by molar-refractivity contribution is -0.120. The van der Waals surface area contributed by atoms with E-state index < -0.39 is 11.9 Å². The number of ether oxygens (including phenoxy) is 2. The summed E-state index contributed by atoms with van der Waals surface area (Å²) in [6.07, 6.45) is 1.40. The summed E-state index contributed by atoms with van der Waals surface area (Å²) in [4.78, 5) is 36.3. The molecule has 3 aromatic rings. The Hall–Kier alpha value is -3.98. The molecule has 0 saturated heterocycles. The average Bonchev–Trinajstić information content (AvgIpc) is 2.84. The van der Waals surface area contributed by atoms with E-state index in [1.807, 2.05) is 0 Å². The van der Waals surface area contributed by atoms with Crippen LogP contribution in [0.1, 0.15) is 26.3 Å². The summed E-state index contributed by atoms with van der Waals surface area (Å²) >= 11 is 3.29. The highest BCUT2D eigenvalue weighted by Crippen LogP contribution is 2.28. The average molecular weight is 510 g/mol. The minimum absolute atomic E-state index is 0.241. The van der Waals surface area contributed by atoms with Crippen LogP contribution in [0.2, 0.25) is 0 Å². The maximum Gasteiger partial charge on any atom is 0.343 e. The van der Waals surface area contributed by atoms with Crippen LogP contribution in [0.5, 0.6) is 11.5 Å². The lowest BCUT2D eigenvalue weighted by Gasteiger charge is -2.10. The molecule has 0 bridgehead atoms. The fourth-order valence-corrected chi connectivity index (χ4v) is 3.17. The van der Waals surface area contributed by atoms with Crippen molar-refractivity contribution >= 4 is 39.9 Å². The highest BCUT2D eigenvalue weighted by molar-refractivity contribution is 9.10. The molecule has 2 amide bonds. The summed E-state index contributed by atoms with van der Waals surface area (Å²) in [7, 11) is 1.45. The van der Waals surface area contributed by atoms with E-state index in [0.29, 0.717) is 26.9 Å². The Labute approximate surface area is 198 Å². The lowest BCUT2D eigenvalue weighted by Crippen LogP contribution is -2.35. The largest absolute Gasteiger partial charge is 0.493 e. The number of halogens is 1. The smallest absolute Gasteiger partial charge is 0.343 e. The number of benzene rings is 3. The highest BCUT2D eigenvalue weighted by Gasteiger charge is 2.13. The first-order valence-corrected chi connectivity index (χ1v) is 10.6. The minimum atomic E-state index is -0.507. The first-order chi connectivity index (χ1) is 16.0. The third kappa shape index (κ3) is 6.75. The van der Waals surface area contributed by atoms with Crippen molar-refractivity contribution in [3.8, 4) is 11.5 Å². The van der Waals surface area contributed by atoms with Crippen LogP contribution in [0, 0.1) is 0 Å². The van der Waals surface area contributed by atoms with Crippen molar-refractivity contribution in [3.63, 3.8) is 0 Å². The van der Waals surface area contributed by atoms with Gasteiger partial charge in [0, 0.05) is 4.47 Å². The van der Waals surface area contributed by atoms with Gasteiger partial charge in [-0.15, -0.1) is 0 Å². The molecule has 0 spiro atoms. The van der Waals surface area contributed by atoms with E-state index in [1.54, 1.807) is 72.8 Å². The Bertz CT molecular complexity index is 1180. The molecule has 3 aromatic carbocycles. The van der Waals surface area contributed by atoms with E-state index in [-0.39, 0.29) is 18.2 Å². The van der Waals surface area contributed by atoms with Crippen molar-refractivity contribution in [1.29, 1.82) is 0 Å². The number of nitrogens with one attached hydrogen (secondary N) is 2. The lowest BCUT2D eigenvalue weighted by atomic mass is 10.2. The topological polar surface area (TPSA) is 106 Å². The number of rotatable bonds is 8. The van der Waals surface area contributed by atoms with Crippen LogP contribution in [-0.2, 0) is 4.79 Å². The van der Waals surface area contributed by atoms with Gasteiger partial charge in [-0.2, -0.15) is 5.10 Å². The molecule has 9 heteroatoms. The number of nitrogens with zero attached hydrogens (tertiary/aromatic N) is 1. The number of hydrazone groups is 1. The summed E-state index contributed by atoms with van der Waals surface area (Å²) in [5.74, 6) is -0.802. The van der Waals surface area contributed by atoms with Gasteiger partial charge in [0.25, 0.3) is 11.8 Å². The number of carbonyl (C=O) groups excluding carboxylic acids is 3. The Morgan fingerprint density at radius 2 is 1.70 bits per heavy atom. The maximum absolute atomic E-state index is 12.2. The number of carbonyl (C=O) groups is 3. The van der Waals surface area contributed by atoms with Crippen molar-refractivity contribution in [2.75, 3.05) is 13.7 Å². The molecule has 0 atom stereocenters. The summed E-state index contributed by atoms with van der Waals surface area (Å²) in [5, 5.41) is 6.40. The fourth-order valence-electron chi connectivity index (χ4n) is 2.70. The first-order valence-electron chi connectivity index (χ1n) is 9.78. The van der Waals surface area contributed by atoms with Crippen molar-refractivity contribution in [2.24, 2.45) is 5.10 Å². The number of esters is 1. The Balaban J connectivity index is 1.54. The molecule has 0 heterocycles. The van der Waals surface area contributed by atoms with Gasteiger partial charge in [-0.3, -0.25) is 9.59 Å². The van der Waals surface area contributed by atoms with Crippen LogP contribution in [0.25, 0.3) is 0 Å². The van der Waals surface area contributed by atoms with E-state index in [9.17, 15) is 14.4 Å². The standard InChI is InChI=1S/C24H20BrN3O5/c1-32-21-13-16(11-12-20(21)33-24(31)17-7-3-2-4-8-17)14-27-28-22(29)15-26-23(30)18-9-5-6-10-19(18)25/h2-14H,15H2,1H3,(H,26,30)(H,28,29). The van der Waals surface area contributed by atoms with Crippen LogP contribution < -0.4 is 20.2 Å². The van der Waals surface area contributed by atoms with Gasteiger partial charge < -0.3 is 14.8 Å². The summed E-state index contributed by atoms with van der Waals surface area (Å²) in [5.41, 5.74) is 3.78. The highest BCUT2D eigenvalue weighted by atomic mass is 79.9. The van der Waals surface area contributed by atoms with Gasteiger partial charge in [0.2, 0.25) is 0 Å². The molecule has 0 unspecified atom stereocenters. The quantitative estimate of drug-likeness (QED) is 0.209. The van der Waals surface area contributed by atoms with Gasteiger partial charge in [0.15, 0.2) is 11.5 Å². The van der Waals surface area contributed by atoms with Crippen LogP contribution in [-0.4, -0.2) is 37.7 Å². The molecule has 8 nitrogen and oxygen atoms in total. The van der Waals surface area contributed by atoms with E-state index in [4.69, 9.17) is 9.47 Å². The van der Waals surface area contributed by atoms with Crippen molar-refractivity contribution in [3.05, 3.63) is 94.0 Å². The van der Waals surface area contributed by atoms with E-state index in [2.05, 4.69) is 31.8 Å². The van der Waals surface area contributed by atoms with Gasteiger partial charge in [-0.1, -0.05) is 30.3 Å². The zero-order valence-electron chi connectivity index (χ0n) is 17.6. The Morgan fingerprint density at radius 1 is 0.970 bits per heavy atom. The Morgan fingerprint density at radius 3 is 2.42 bits per heavy atom. The molecule has 0 aliphatic carbocycles. The molecule has 0 aliphatic rings. The zero-order valence-corrected chi connectivity index (χ0v) is 19.2. The van der Waals surface area contributed by atoms with Gasteiger partial charge in [0.1, 0.15) is 0 Å². The molecule has 33 heavy (non-hydrogen) atoms. The molecule has 168 valence electrons. The van der Waals surface area contributed by atoms with Gasteiger partial charge in [0.05, 0.1) is 31.0 Å². The van der Waals surface area contributed by atoms with Gasteiger partial charge in [-0.05, 0) is 64.0 Å². The molecule has 0 aromatic heterocycles. The van der Waals surface area contributed by atoms with Gasteiger partial charge >= 0.3 is 5.97 Å². The summed E-state index contributed by atoms with van der Waals surface area (Å²) in [6.45, 7) is -0.241. The number of methoxy groups -OCH3 is 1. The number of hydrogen-bond donors (Lipinski definition) is 2. The number of amides is 2. The number of hydrogen-bond acceptors (Lipinski definition) is 6. The first kappa shape index (κ1) is 23.7. The van der Waals surface area contributed by atoms with E-state index in [1.165, 1.54) is 13.3 Å². The zero-order chi connectivity index (χ0) is 23.6. The predicted molar refractivity (Wildman–Crippen MR) is 127 cm³/mol. The van der Waals surface area contributed by atoms with Crippen LogP contribution in [0.15, 0.2) is 82.4 Å². The van der Waals surface area contributed by atoms with Crippen molar-refractivity contribution in [1.82, 2.24) is 10.7 Å². The molecule has 3 rings (SSSR count). The van der Waals surface area contributed by atoms with Crippen molar-refractivity contribution < 1.29 is 23.9 Å². The van der Waals surface area contributed by atoms with Crippen molar-refractivity contribution in [2.45, 2.75) is 0 Å². The summed E-state index contributed by atoms with van der Waals surface area (Å²) in [6, 6.07) is 20.3. The third-order valence-electron chi connectivity index (χ3n) is 4.33. The molecule has 0 saturated carbocycles. The molecular weight excluding hydrogens is 490 g/mol. The second-order valence-corrected chi connectivity index (χ2v) is 7.48. The third-order valence-corrected chi connectivity index (χ3v) is 5.02. The fraction of sp³-hybridized carbons (Fsp3) is 0.0833. The normalized spacial score (nSPS) is 10.5. The SMILES string of the molecule is COc1cc(C=NNC(=O)CNC(=O)c2ccccc2Br)ccc1OC(=O)c1ccccc1. The monoisotopic (exact) mass is 509 g/mol.